The van der Waals surface area contributed by atoms with Crippen molar-refractivity contribution in [1.82, 2.24) is 0 Å². The minimum absolute atomic E-state index is 1.02. The summed E-state index contributed by atoms with van der Waals surface area (Å²) in [7, 11) is 0. The van der Waals surface area contributed by atoms with Gasteiger partial charge < -0.3 is 4.90 Å². The van der Waals surface area contributed by atoms with Gasteiger partial charge in [0.05, 0.1) is 17.6 Å². The topological polar surface area (TPSA) is 18.8 Å². The Bertz CT molecular complexity index is 1410. The highest BCUT2D eigenvalue weighted by atomic mass is 15.5. The SMILES string of the molecule is Cc1ccc(N(N=Cc2ccc(N(c3ccc(C)cc3)c3ccc(C)cc3)cc2)c2ccccc2)cc1. The highest BCUT2D eigenvalue weighted by molar-refractivity contribution is 5.84. The lowest BCUT2D eigenvalue weighted by Crippen LogP contribution is -2.10. The Morgan fingerprint density at radius 1 is 0.432 bits per heavy atom. The predicted molar refractivity (Wildman–Crippen MR) is 158 cm³/mol. The van der Waals surface area contributed by atoms with Crippen molar-refractivity contribution < 1.29 is 0 Å². The van der Waals surface area contributed by atoms with Crippen LogP contribution in [0.2, 0.25) is 0 Å². The van der Waals surface area contributed by atoms with Crippen LogP contribution in [0.5, 0.6) is 0 Å². The maximum Gasteiger partial charge on any atom is 0.0652 e. The third kappa shape index (κ3) is 5.79. The summed E-state index contributed by atoms with van der Waals surface area (Å²) >= 11 is 0. The van der Waals surface area contributed by atoms with E-state index in [9.17, 15) is 0 Å². The highest BCUT2D eigenvalue weighted by Gasteiger charge is 2.12. The van der Waals surface area contributed by atoms with Crippen molar-refractivity contribution >= 4 is 34.7 Å². The first kappa shape index (κ1) is 24.1. The summed E-state index contributed by atoms with van der Waals surface area (Å²) < 4.78 is 0. The molecule has 5 aromatic rings. The van der Waals surface area contributed by atoms with Gasteiger partial charge in [0.15, 0.2) is 0 Å². The first-order chi connectivity index (χ1) is 18.1. The number of aryl methyl sites for hydroxylation is 3. The van der Waals surface area contributed by atoms with E-state index in [1.165, 1.54) is 16.7 Å². The molecule has 0 saturated carbocycles. The number of hydrogen-bond acceptors (Lipinski definition) is 3. The van der Waals surface area contributed by atoms with Gasteiger partial charge in [0.2, 0.25) is 0 Å². The van der Waals surface area contributed by atoms with Gasteiger partial charge in [0, 0.05) is 17.1 Å². The van der Waals surface area contributed by atoms with Crippen molar-refractivity contribution in [2.75, 3.05) is 9.91 Å². The molecular formula is C34H31N3. The van der Waals surface area contributed by atoms with E-state index in [4.69, 9.17) is 5.10 Å². The zero-order valence-electron chi connectivity index (χ0n) is 21.5. The quantitative estimate of drug-likeness (QED) is 0.170. The number of anilines is 5. The first-order valence-electron chi connectivity index (χ1n) is 12.6. The Morgan fingerprint density at radius 2 is 0.811 bits per heavy atom. The van der Waals surface area contributed by atoms with Gasteiger partial charge >= 0.3 is 0 Å². The maximum atomic E-state index is 4.87. The smallest absolute Gasteiger partial charge is 0.0652 e. The molecule has 0 unspecified atom stereocenters. The minimum atomic E-state index is 1.02. The van der Waals surface area contributed by atoms with Crippen molar-refractivity contribution in [1.29, 1.82) is 0 Å². The van der Waals surface area contributed by atoms with E-state index >= 15 is 0 Å². The molecule has 5 aromatic carbocycles. The van der Waals surface area contributed by atoms with E-state index < -0.39 is 0 Å². The Balaban J connectivity index is 1.46. The van der Waals surface area contributed by atoms with E-state index in [0.29, 0.717) is 0 Å². The molecule has 0 bridgehead atoms. The Labute approximate surface area is 220 Å². The van der Waals surface area contributed by atoms with Crippen molar-refractivity contribution in [3.05, 3.63) is 150 Å². The van der Waals surface area contributed by atoms with Crippen LogP contribution in [0, 0.1) is 20.8 Å². The molecule has 0 radical (unpaired) electrons. The molecule has 0 spiro atoms. The van der Waals surface area contributed by atoms with Crippen molar-refractivity contribution in [3.8, 4) is 0 Å². The van der Waals surface area contributed by atoms with Gasteiger partial charge in [0.25, 0.3) is 0 Å². The Morgan fingerprint density at radius 3 is 1.27 bits per heavy atom. The number of hydrazone groups is 1. The molecule has 0 atom stereocenters. The van der Waals surface area contributed by atoms with E-state index in [-0.39, 0.29) is 0 Å². The Hall–Kier alpha value is -4.63. The van der Waals surface area contributed by atoms with Gasteiger partial charge in [-0.25, -0.2) is 5.01 Å². The lowest BCUT2D eigenvalue weighted by Gasteiger charge is -2.26. The summed E-state index contributed by atoms with van der Waals surface area (Å²) in [6.45, 7) is 6.32. The van der Waals surface area contributed by atoms with Gasteiger partial charge in [-0.15, -0.1) is 0 Å². The monoisotopic (exact) mass is 481 g/mol. The van der Waals surface area contributed by atoms with Gasteiger partial charge in [0.1, 0.15) is 0 Å². The molecule has 182 valence electrons. The minimum Gasteiger partial charge on any atom is -0.311 e. The van der Waals surface area contributed by atoms with Crippen LogP contribution in [0.15, 0.2) is 132 Å². The van der Waals surface area contributed by atoms with Gasteiger partial charge in [-0.1, -0.05) is 83.4 Å². The number of hydrogen-bond donors (Lipinski definition) is 0. The third-order valence-electron chi connectivity index (χ3n) is 6.34. The maximum absolute atomic E-state index is 4.87. The van der Waals surface area contributed by atoms with Gasteiger partial charge in [-0.2, -0.15) is 5.10 Å². The summed E-state index contributed by atoms with van der Waals surface area (Å²) in [5.41, 5.74) is 10.2. The standard InChI is InChI=1S/C34H31N3/c1-26-9-17-30(18-10-26)36(31-19-11-27(2)12-20-31)32-23-15-29(16-24-32)25-35-37(33-7-5-4-6-8-33)34-21-13-28(3)14-22-34/h4-25H,1-3H3. The molecule has 3 heteroatoms. The second-order valence-corrected chi connectivity index (χ2v) is 9.33. The van der Waals surface area contributed by atoms with E-state index in [0.717, 1.165) is 34.0 Å². The lowest BCUT2D eigenvalue weighted by atomic mass is 10.1. The Kier molecular flexibility index (Phi) is 7.14. The van der Waals surface area contributed by atoms with E-state index in [1.54, 1.807) is 0 Å². The number of benzene rings is 5. The summed E-state index contributed by atoms with van der Waals surface area (Å²) in [4.78, 5) is 2.28. The van der Waals surface area contributed by atoms with Crippen LogP contribution in [0.3, 0.4) is 0 Å². The van der Waals surface area contributed by atoms with E-state index in [1.807, 2.05) is 29.4 Å². The summed E-state index contributed by atoms with van der Waals surface area (Å²) in [6, 6.07) is 44.5. The van der Waals surface area contributed by atoms with Crippen LogP contribution in [0.25, 0.3) is 0 Å². The zero-order chi connectivity index (χ0) is 25.6. The normalized spacial score (nSPS) is 11.0. The molecule has 3 nitrogen and oxygen atoms in total. The summed E-state index contributed by atoms with van der Waals surface area (Å²) in [5.74, 6) is 0. The molecule has 0 aliphatic heterocycles. The molecule has 0 amide bonds. The molecule has 0 aliphatic carbocycles. The van der Waals surface area contributed by atoms with Crippen LogP contribution in [0.1, 0.15) is 22.3 Å². The molecule has 0 saturated heterocycles. The molecule has 0 aromatic heterocycles. The molecule has 37 heavy (non-hydrogen) atoms. The van der Waals surface area contributed by atoms with Crippen molar-refractivity contribution in [3.63, 3.8) is 0 Å². The number of para-hydroxylation sites is 1. The molecule has 0 aliphatic rings. The summed E-state index contributed by atoms with van der Waals surface area (Å²) in [6.07, 6.45) is 1.92. The van der Waals surface area contributed by atoms with E-state index in [2.05, 4.69) is 135 Å². The number of rotatable bonds is 7. The second kappa shape index (κ2) is 11.0. The fraction of sp³-hybridized carbons (Fsp3) is 0.0882. The van der Waals surface area contributed by atoms with Crippen LogP contribution < -0.4 is 9.91 Å². The third-order valence-corrected chi connectivity index (χ3v) is 6.34. The first-order valence-corrected chi connectivity index (χ1v) is 12.6. The molecule has 0 N–H and O–H groups in total. The van der Waals surface area contributed by atoms with Crippen LogP contribution in [-0.2, 0) is 0 Å². The van der Waals surface area contributed by atoms with Crippen molar-refractivity contribution in [2.24, 2.45) is 5.10 Å². The molecule has 0 heterocycles. The fourth-order valence-corrected chi connectivity index (χ4v) is 4.21. The average Bonchev–Trinajstić information content (AvgIpc) is 2.93. The summed E-state index contributed by atoms with van der Waals surface area (Å²) in [5, 5.41) is 6.84. The molecule has 0 fully saturated rings. The van der Waals surface area contributed by atoms with Crippen LogP contribution in [-0.4, -0.2) is 6.21 Å². The number of nitrogens with zero attached hydrogens (tertiary/aromatic N) is 3. The molecule has 5 rings (SSSR count). The van der Waals surface area contributed by atoms with Crippen molar-refractivity contribution in [2.45, 2.75) is 20.8 Å². The van der Waals surface area contributed by atoms with Crippen LogP contribution in [0.4, 0.5) is 28.4 Å². The molecular weight excluding hydrogens is 450 g/mol. The largest absolute Gasteiger partial charge is 0.311 e. The predicted octanol–water partition coefficient (Wildman–Crippen LogP) is 9.25. The van der Waals surface area contributed by atoms with Gasteiger partial charge in [-0.05, 0) is 87.0 Å². The van der Waals surface area contributed by atoms with Crippen LogP contribution >= 0.6 is 0 Å². The zero-order valence-corrected chi connectivity index (χ0v) is 21.5. The average molecular weight is 482 g/mol. The highest BCUT2D eigenvalue weighted by Crippen LogP contribution is 2.34. The van der Waals surface area contributed by atoms with Gasteiger partial charge in [-0.3, -0.25) is 0 Å². The fourth-order valence-electron chi connectivity index (χ4n) is 4.21. The lowest BCUT2D eigenvalue weighted by molar-refractivity contribution is 1.09. The second-order valence-electron chi connectivity index (χ2n) is 9.33.